The van der Waals surface area contributed by atoms with E-state index in [0.717, 1.165) is 18.7 Å². The van der Waals surface area contributed by atoms with E-state index in [-0.39, 0.29) is 0 Å². The van der Waals surface area contributed by atoms with Crippen LogP contribution in [-0.2, 0) is 6.54 Å². The van der Waals surface area contributed by atoms with Gasteiger partial charge in [-0.1, -0.05) is 47.1 Å². The maximum absolute atomic E-state index is 5.21. The normalized spacial score (nSPS) is 12.2. The van der Waals surface area contributed by atoms with Gasteiger partial charge in [0.25, 0.3) is 0 Å². The molecule has 112 valence electrons. The summed E-state index contributed by atoms with van der Waals surface area (Å²) in [4.78, 5) is 0. The molecule has 0 saturated carbocycles. The van der Waals surface area contributed by atoms with Crippen LogP contribution in [0.25, 0.3) is 0 Å². The maximum atomic E-state index is 5.21. The molecule has 2 aromatic carbocycles. The van der Waals surface area contributed by atoms with E-state index in [0.29, 0.717) is 6.04 Å². The van der Waals surface area contributed by atoms with Gasteiger partial charge >= 0.3 is 0 Å². The SMILES string of the molecule is CCC(NCc1ccc(C)c(Br)c1)c1ccc(OC)cc1. The van der Waals surface area contributed by atoms with Crippen LogP contribution in [0.1, 0.15) is 36.1 Å². The van der Waals surface area contributed by atoms with E-state index < -0.39 is 0 Å². The number of methoxy groups -OCH3 is 1. The predicted octanol–water partition coefficient (Wildman–Crippen LogP) is 5.01. The lowest BCUT2D eigenvalue weighted by molar-refractivity contribution is 0.414. The standard InChI is InChI=1S/C18H22BrNO/c1-4-18(15-7-9-16(21-3)10-8-15)20-12-14-6-5-13(2)17(19)11-14/h5-11,18,20H,4,12H2,1-3H3. The van der Waals surface area contributed by atoms with Gasteiger partial charge in [0.2, 0.25) is 0 Å². The first-order chi connectivity index (χ1) is 10.1. The van der Waals surface area contributed by atoms with Crippen molar-refractivity contribution in [2.45, 2.75) is 32.9 Å². The van der Waals surface area contributed by atoms with E-state index in [4.69, 9.17) is 4.74 Å². The van der Waals surface area contributed by atoms with Crippen molar-refractivity contribution in [3.05, 3.63) is 63.6 Å². The number of nitrogens with one attached hydrogen (secondary N) is 1. The summed E-state index contributed by atoms with van der Waals surface area (Å²) < 4.78 is 6.38. The quantitative estimate of drug-likeness (QED) is 0.793. The summed E-state index contributed by atoms with van der Waals surface area (Å²) in [6, 6.07) is 15.2. The van der Waals surface area contributed by atoms with Crippen LogP contribution in [0.15, 0.2) is 46.9 Å². The molecule has 0 aliphatic carbocycles. The van der Waals surface area contributed by atoms with Crippen molar-refractivity contribution in [3.63, 3.8) is 0 Å². The minimum atomic E-state index is 0.357. The van der Waals surface area contributed by atoms with Crippen molar-refractivity contribution in [1.29, 1.82) is 0 Å². The molecule has 0 aliphatic heterocycles. The lowest BCUT2D eigenvalue weighted by Gasteiger charge is -2.18. The molecule has 0 aromatic heterocycles. The number of rotatable bonds is 6. The molecule has 2 nitrogen and oxygen atoms in total. The number of ether oxygens (including phenoxy) is 1. The highest BCUT2D eigenvalue weighted by Gasteiger charge is 2.09. The second-order valence-corrected chi connectivity index (χ2v) is 6.05. The molecular weight excluding hydrogens is 326 g/mol. The van der Waals surface area contributed by atoms with Crippen molar-refractivity contribution in [2.24, 2.45) is 0 Å². The first-order valence-corrected chi connectivity index (χ1v) is 8.05. The van der Waals surface area contributed by atoms with Gasteiger partial charge in [0.15, 0.2) is 0 Å². The summed E-state index contributed by atoms with van der Waals surface area (Å²) >= 11 is 3.59. The Balaban J connectivity index is 2.02. The Bertz CT molecular complexity index is 580. The molecule has 1 N–H and O–H groups in total. The van der Waals surface area contributed by atoms with Crippen molar-refractivity contribution in [3.8, 4) is 5.75 Å². The van der Waals surface area contributed by atoms with Crippen LogP contribution in [0.2, 0.25) is 0 Å². The molecule has 2 aromatic rings. The van der Waals surface area contributed by atoms with Gasteiger partial charge in [-0.25, -0.2) is 0 Å². The van der Waals surface area contributed by atoms with E-state index in [1.807, 2.05) is 12.1 Å². The molecule has 0 spiro atoms. The number of hydrogen-bond donors (Lipinski definition) is 1. The van der Waals surface area contributed by atoms with Crippen molar-refractivity contribution in [1.82, 2.24) is 5.32 Å². The molecule has 0 fully saturated rings. The second kappa shape index (κ2) is 7.62. The van der Waals surface area contributed by atoms with Gasteiger partial charge in [0.1, 0.15) is 5.75 Å². The Morgan fingerprint density at radius 1 is 1.14 bits per heavy atom. The Labute approximate surface area is 135 Å². The fourth-order valence-electron chi connectivity index (χ4n) is 2.32. The summed E-state index contributed by atoms with van der Waals surface area (Å²) in [6.45, 7) is 5.17. The molecule has 0 heterocycles. The number of halogens is 1. The highest BCUT2D eigenvalue weighted by Crippen LogP contribution is 2.22. The molecule has 2 rings (SSSR count). The molecule has 0 aliphatic rings. The van der Waals surface area contributed by atoms with Gasteiger partial charge in [-0.3, -0.25) is 0 Å². The van der Waals surface area contributed by atoms with E-state index >= 15 is 0 Å². The van der Waals surface area contributed by atoms with Crippen LogP contribution in [0.4, 0.5) is 0 Å². The average Bonchev–Trinajstić information content (AvgIpc) is 2.52. The number of benzene rings is 2. The summed E-state index contributed by atoms with van der Waals surface area (Å²) in [6.07, 6.45) is 1.05. The Morgan fingerprint density at radius 3 is 2.43 bits per heavy atom. The van der Waals surface area contributed by atoms with E-state index in [1.165, 1.54) is 21.2 Å². The van der Waals surface area contributed by atoms with Crippen LogP contribution in [0.5, 0.6) is 5.75 Å². The van der Waals surface area contributed by atoms with Gasteiger partial charge in [-0.2, -0.15) is 0 Å². The van der Waals surface area contributed by atoms with Crippen molar-refractivity contribution in [2.75, 3.05) is 7.11 Å². The first-order valence-electron chi connectivity index (χ1n) is 7.26. The topological polar surface area (TPSA) is 21.3 Å². The molecule has 3 heteroatoms. The Morgan fingerprint density at radius 2 is 1.86 bits per heavy atom. The zero-order valence-electron chi connectivity index (χ0n) is 12.8. The zero-order valence-corrected chi connectivity index (χ0v) is 14.4. The fourth-order valence-corrected chi connectivity index (χ4v) is 2.75. The third-order valence-electron chi connectivity index (χ3n) is 3.72. The van der Waals surface area contributed by atoms with E-state index in [2.05, 4.69) is 65.4 Å². The highest BCUT2D eigenvalue weighted by atomic mass is 79.9. The molecule has 0 radical (unpaired) electrons. The fraction of sp³-hybridized carbons (Fsp3) is 0.333. The summed E-state index contributed by atoms with van der Waals surface area (Å²) in [5.74, 6) is 0.899. The van der Waals surface area contributed by atoms with Crippen LogP contribution in [-0.4, -0.2) is 7.11 Å². The van der Waals surface area contributed by atoms with Gasteiger partial charge in [-0.05, 0) is 48.2 Å². The van der Waals surface area contributed by atoms with Crippen LogP contribution < -0.4 is 10.1 Å². The van der Waals surface area contributed by atoms with Gasteiger partial charge < -0.3 is 10.1 Å². The monoisotopic (exact) mass is 347 g/mol. The third-order valence-corrected chi connectivity index (χ3v) is 4.57. The van der Waals surface area contributed by atoms with Crippen LogP contribution in [0.3, 0.4) is 0 Å². The number of aryl methyl sites for hydroxylation is 1. The largest absolute Gasteiger partial charge is 0.497 e. The lowest BCUT2D eigenvalue weighted by Crippen LogP contribution is -2.20. The second-order valence-electron chi connectivity index (χ2n) is 5.20. The lowest BCUT2D eigenvalue weighted by atomic mass is 10.0. The maximum Gasteiger partial charge on any atom is 0.118 e. The number of hydrogen-bond acceptors (Lipinski definition) is 2. The van der Waals surface area contributed by atoms with Crippen molar-refractivity contribution < 1.29 is 4.74 Å². The third kappa shape index (κ3) is 4.32. The summed E-state index contributed by atoms with van der Waals surface area (Å²) in [7, 11) is 1.69. The first kappa shape index (κ1) is 16.1. The molecule has 1 unspecified atom stereocenters. The van der Waals surface area contributed by atoms with Crippen molar-refractivity contribution >= 4 is 15.9 Å². The molecule has 1 atom stereocenters. The zero-order chi connectivity index (χ0) is 15.2. The highest BCUT2D eigenvalue weighted by molar-refractivity contribution is 9.10. The molecular formula is C18H22BrNO. The minimum absolute atomic E-state index is 0.357. The smallest absolute Gasteiger partial charge is 0.118 e. The minimum Gasteiger partial charge on any atom is -0.497 e. The summed E-state index contributed by atoms with van der Waals surface area (Å²) in [5, 5.41) is 3.62. The van der Waals surface area contributed by atoms with Crippen LogP contribution >= 0.6 is 15.9 Å². The Hall–Kier alpha value is -1.32. The molecule has 21 heavy (non-hydrogen) atoms. The predicted molar refractivity (Wildman–Crippen MR) is 91.7 cm³/mol. The van der Waals surface area contributed by atoms with Crippen LogP contribution in [0, 0.1) is 6.92 Å². The Kier molecular flexibility index (Phi) is 5.83. The van der Waals surface area contributed by atoms with E-state index in [1.54, 1.807) is 7.11 Å². The van der Waals surface area contributed by atoms with Gasteiger partial charge in [-0.15, -0.1) is 0 Å². The molecule has 0 bridgehead atoms. The van der Waals surface area contributed by atoms with E-state index in [9.17, 15) is 0 Å². The molecule has 0 amide bonds. The van der Waals surface area contributed by atoms with Gasteiger partial charge in [0.05, 0.1) is 7.11 Å². The molecule has 0 saturated heterocycles. The average molecular weight is 348 g/mol. The summed E-state index contributed by atoms with van der Waals surface area (Å²) in [5.41, 5.74) is 3.85. The van der Waals surface area contributed by atoms with Gasteiger partial charge in [0, 0.05) is 17.1 Å².